The van der Waals surface area contributed by atoms with Gasteiger partial charge in [-0.1, -0.05) is 48.4 Å². The van der Waals surface area contributed by atoms with Crippen molar-refractivity contribution in [2.75, 3.05) is 0 Å². The lowest BCUT2D eigenvalue weighted by Gasteiger charge is -2.19. The standard InChI is InChI=1S/C18H19ClFN/c19-16-11-13(9-10-17(16)20)12-21-18-8-4-2-6-14-5-1-3-7-15(14)18/h1,3,5,7,9-11,18,21H,2,4,6,8,12H2. The number of fused-ring (bicyclic) bond motifs is 1. The first kappa shape index (κ1) is 14.6. The quantitative estimate of drug-likeness (QED) is 0.784. The molecule has 21 heavy (non-hydrogen) atoms. The Kier molecular flexibility index (Phi) is 4.57. The van der Waals surface area contributed by atoms with Crippen molar-refractivity contribution in [1.29, 1.82) is 0 Å². The van der Waals surface area contributed by atoms with E-state index in [4.69, 9.17) is 11.6 Å². The van der Waals surface area contributed by atoms with E-state index in [1.54, 1.807) is 12.1 Å². The van der Waals surface area contributed by atoms with Crippen molar-refractivity contribution in [3.8, 4) is 0 Å². The van der Waals surface area contributed by atoms with E-state index in [9.17, 15) is 4.39 Å². The molecule has 1 nitrogen and oxygen atoms in total. The van der Waals surface area contributed by atoms with Crippen LogP contribution in [0.2, 0.25) is 5.02 Å². The summed E-state index contributed by atoms with van der Waals surface area (Å²) in [4.78, 5) is 0. The van der Waals surface area contributed by atoms with Gasteiger partial charge in [0.05, 0.1) is 5.02 Å². The minimum atomic E-state index is -0.361. The van der Waals surface area contributed by atoms with Crippen LogP contribution >= 0.6 is 11.6 Å². The second-order valence-corrected chi connectivity index (χ2v) is 6.03. The Bertz CT molecular complexity index is 626. The molecule has 0 bridgehead atoms. The lowest BCUT2D eigenvalue weighted by molar-refractivity contribution is 0.489. The summed E-state index contributed by atoms with van der Waals surface area (Å²) >= 11 is 5.84. The number of aryl methyl sites for hydroxylation is 1. The number of benzene rings is 2. The largest absolute Gasteiger partial charge is 0.306 e. The van der Waals surface area contributed by atoms with Gasteiger partial charge in [-0.2, -0.15) is 0 Å². The molecule has 1 aliphatic rings. The number of nitrogens with one attached hydrogen (secondary N) is 1. The van der Waals surface area contributed by atoms with Crippen LogP contribution < -0.4 is 5.32 Å². The smallest absolute Gasteiger partial charge is 0.141 e. The van der Waals surface area contributed by atoms with Crippen LogP contribution in [-0.4, -0.2) is 0 Å². The van der Waals surface area contributed by atoms with Crippen molar-refractivity contribution in [3.63, 3.8) is 0 Å². The molecule has 3 rings (SSSR count). The molecule has 3 heteroatoms. The number of hydrogen-bond donors (Lipinski definition) is 1. The Morgan fingerprint density at radius 3 is 2.86 bits per heavy atom. The van der Waals surface area contributed by atoms with Crippen LogP contribution in [0.4, 0.5) is 4.39 Å². The molecule has 0 aromatic heterocycles. The maximum atomic E-state index is 13.2. The fraction of sp³-hybridized carbons (Fsp3) is 0.333. The van der Waals surface area contributed by atoms with Gasteiger partial charge in [0.1, 0.15) is 5.82 Å². The molecule has 2 aromatic rings. The lowest BCUT2D eigenvalue weighted by Crippen LogP contribution is -2.21. The zero-order valence-electron chi connectivity index (χ0n) is 11.9. The number of halogens is 2. The molecule has 0 spiro atoms. The zero-order valence-corrected chi connectivity index (χ0v) is 12.7. The molecule has 2 aromatic carbocycles. The predicted octanol–water partition coefficient (Wildman–Crippen LogP) is 5.04. The summed E-state index contributed by atoms with van der Waals surface area (Å²) in [6, 6.07) is 13.9. The molecule has 0 saturated heterocycles. The van der Waals surface area contributed by atoms with Crippen molar-refractivity contribution < 1.29 is 4.39 Å². The van der Waals surface area contributed by atoms with E-state index >= 15 is 0 Å². The first-order chi connectivity index (χ1) is 10.2. The SMILES string of the molecule is Fc1ccc(CNC2CCCCc3ccccc32)cc1Cl. The molecule has 0 amide bonds. The van der Waals surface area contributed by atoms with Crippen LogP contribution in [0.25, 0.3) is 0 Å². The molecular weight excluding hydrogens is 285 g/mol. The average Bonchev–Trinajstić information content (AvgIpc) is 2.71. The third-order valence-electron chi connectivity index (χ3n) is 4.16. The van der Waals surface area contributed by atoms with Crippen LogP contribution in [0, 0.1) is 5.82 Å². The highest BCUT2D eigenvalue weighted by Gasteiger charge is 2.17. The maximum absolute atomic E-state index is 13.2. The average molecular weight is 304 g/mol. The van der Waals surface area contributed by atoms with Crippen LogP contribution in [0.15, 0.2) is 42.5 Å². The summed E-state index contributed by atoms with van der Waals surface area (Å²) in [7, 11) is 0. The molecule has 0 heterocycles. The van der Waals surface area contributed by atoms with Gasteiger partial charge in [0.2, 0.25) is 0 Å². The van der Waals surface area contributed by atoms with Crippen molar-refractivity contribution in [2.45, 2.75) is 38.3 Å². The van der Waals surface area contributed by atoms with Crippen LogP contribution in [0.1, 0.15) is 42.0 Å². The lowest BCUT2D eigenvalue weighted by atomic mass is 9.99. The third-order valence-corrected chi connectivity index (χ3v) is 4.45. The third kappa shape index (κ3) is 3.45. The van der Waals surface area contributed by atoms with Crippen LogP contribution in [0.5, 0.6) is 0 Å². The number of hydrogen-bond acceptors (Lipinski definition) is 1. The molecule has 1 unspecified atom stereocenters. The van der Waals surface area contributed by atoms with E-state index in [2.05, 4.69) is 29.6 Å². The normalized spacial score (nSPS) is 18.1. The Hall–Kier alpha value is -1.38. The zero-order chi connectivity index (χ0) is 14.7. The van der Waals surface area contributed by atoms with E-state index in [1.165, 1.54) is 30.0 Å². The van der Waals surface area contributed by atoms with Gasteiger partial charge < -0.3 is 5.32 Å². The maximum Gasteiger partial charge on any atom is 0.141 e. The van der Waals surface area contributed by atoms with E-state index in [1.807, 2.05) is 0 Å². The van der Waals surface area contributed by atoms with Gasteiger partial charge in [0, 0.05) is 12.6 Å². The Labute approximate surface area is 130 Å². The van der Waals surface area contributed by atoms with Crippen molar-refractivity contribution in [1.82, 2.24) is 5.32 Å². The second-order valence-electron chi connectivity index (χ2n) is 5.63. The van der Waals surface area contributed by atoms with E-state index in [0.29, 0.717) is 12.6 Å². The first-order valence-electron chi connectivity index (χ1n) is 7.49. The van der Waals surface area contributed by atoms with Gasteiger partial charge >= 0.3 is 0 Å². The van der Waals surface area contributed by atoms with Gasteiger partial charge in [-0.25, -0.2) is 4.39 Å². The molecule has 0 fully saturated rings. The van der Waals surface area contributed by atoms with Gasteiger partial charge in [0.25, 0.3) is 0 Å². The molecule has 1 N–H and O–H groups in total. The van der Waals surface area contributed by atoms with Crippen molar-refractivity contribution in [2.24, 2.45) is 0 Å². The highest BCUT2D eigenvalue weighted by atomic mass is 35.5. The van der Waals surface area contributed by atoms with Gasteiger partial charge in [-0.15, -0.1) is 0 Å². The summed E-state index contributed by atoms with van der Waals surface area (Å²) < 4.78 is 13.2. The summed E-state index contributed by atoms with van der Waals surface area (Å²) in [5, 5.41) is 3.79. The van der Waals surface area contributed by atoms with Crippen molar-refractivity contribution in [3.05, 3.63) is 70.0 Å². The van der Waals surface area contributed by atoms with Crippen molar-refractivity contribution >= 4 is 11.6 Å². The number of rotatable bonds is 3. The topological polar surface area (TPSA) is 12.0 Å². The van der Waals surface area contributed by atoms with Gasteiger partial charge in [-0.3, -0.25) is 0 Å². The Morgan fingerprint density at radius 1 is 1.14 bits per heavy atom. The molecule has 0 saturated carbocycles. The van der Waals surface area contributed by atoms with Gasteiger partial charge in [-0.05, 0) is 48.1 Å². The summed E-state index contributed by atoms with van der Waals surface area (Å²) in [5.41, 5.74) is 3.87. The Balaban J connectivity index is 1.74. The van der Waals surface area contributed by atoms with E-state index < -0.39 is 0 Å². The first-order valence-corrected chi connectivity index (χ1v) is 7.87. The Morgan fingerprint density at radius 2 is 2.00 bits per heavy atom. The van der Waals surface area contributed by atoms with Crippen LogP contribution in [-0.2, 0) is 13.0 Å². The summed E-state index contributed by atoms with van der Waals surface area (Å²) in [5.74, 6) is -0.361. The molecule has 0 radical (unpaired) electrons. The highest BCUT2D eigenvalue weighted by Crippen LogP contribution is 2.29. The minimum absolute atomic E-state index is 0.190. The molecular formula is C18H19ClFN. The molecule has 0 aliphatic heterocycles. The molecule has 1 aliphatic carbocycles. The monoisotopic (exact) mass is 303 g/mol. The second kappa shape index (κ2) is 6.59. The highest BCUT2D eigenvalue weighted by molar-refractivity contribution is 6.30. The van der Waals surface area contributed by atoms with E-state index in [0.717, 1.165) is 18.4 Å². The van der Waals surface area contributed by atoms with Gasteiger partial charge in [0.15, 0.2) is 0 Å². The fourth-order valence-corrected chi connectivity index (χ4v) is 3.23. The fourth-order valence-electron chi connectivity index (χ4n) is 3.02. The molecule has 1 atom stereocenters. The summed E-state index contributed by atoms with van der Waals surface area (Å²) in [6.45, 7) is 0.707. The van der Waals surface area contributed by atoms with Crippen LogP contribution in [0.3, 0.4) is 0 Å². The summed E-state index contributed by atoms with van der Waals surface area (Å²) in [6.07, 6.45) is 4.79. The molecule has 110 valence electrons. The predicted molar refractivity (Wildman–Crippen MR) is 85.0 cm³/mol. The minimum Gasteiger partial charge on any atom is -0.306 e. The van der Waals surface area contributed by atoms with E-state index in [-0.39, 0.29) is 10.8 Å².